The Morgan fingerprint density at radius 1 is 0.973 bits per heavy atom. The maximum absolute atomic E-state index is 13.4. The molecule has 0 aromatic heterocycles. The summed E-state index contributed by atoms with van der Waals surface area (Å²) in [5.74, 6) is -1.04. The Hall–Kier alpha value is -3.99. The summed E-state index contributed by atoms with van der Waals surface area (Å²) in [5.41, 5.74) is 4.36. The van der Waals surface area contributed by atoms with Crippen molar-refractivity contribution in [3.8, 4) is 6.07 Å². The molecule has 0 saturated carbocycles. The normalized spacial score (nSPS) is 15.0. The van der Waals surface area contributed by atoms with E-state index >= 15 is 0 Å². The fraction of sp³-hybridized carbons (Fsp3) is 0.138. The van der Waals surface area contributed by atoms with Gasteiger partial charge in [0.05, 0.1) is 28.3 Å². The van der Waals surface area contributed by atoms with Gasteiger partial charge in [-0.05, 0) is 49.2 Å². The highest BCUT2D eigenvalue weighted by Crippen LogP contribution is 2.41. The summed E-state index contributed by atoms with van der Waals surface area (Å²) in [6.07, 6.45) is 0. The molecule has 0 fully saturated rings. The van der Waals surface area contributed by atoms with Crippen molar-refractivity contribution in [3.63, 3.8) is 0 Å². The van der Waals surface area contributed by atoms with Gasteiger partial charge in [-0.2, -0.15) is 5.26 Å². The van der Waals surface area contributed by atoms with Crippen LogP contribution in [0.5, 0.6) is 0 Å². The second-order valence-corrected chi connectivity index (χ2v) is 9.82. The number of nitrogens with zero attached hydrogens (tertiary/aromatic N) is 1. The van der Waals surface area contributed by atoms with Gasteiger partial charge < -0.3 is 16.0 Å². The van der Waals surface area contributed by atoms with Crippen LogP contribution in [0, 0.1) is 18.3 Å². The van der Waals surface area contributed by atoms with Crippen molar-refractivity contribution < 1.29 is 9.59 Å². The van der Waals surface area contributed by atoms with Crippen molar-refractivity contribution in [2.75, 3.05) is 16.4 Å². The number of halogens is 1. The van der Waals surface area contributed by atoms with Crippen LogP contribution < -0.4 is 16.0 Å². The number of nitriles is 1. The van der Waals surface area contributed by atoms with Crippen molar-refractivity contribution in [1.29, 1.82) is 5.26 Å². The lowest BCUT2D eigenvalue weighted by Crippen LogP contribution is -2.31. The van der Waals surface area contributed by atoms with Crippen LogP contribution >= 0.6 is 23.4 Å². The molecule has 3 aromatic carbocycles. The van der Waals surface area contributed by atoms with E-state index in [9.17, 15) is 14.9 Å². The van der Waals surface area contributed by atoms with Crippen LogP contribution in [0.2, 0.25) is 5.02 Å². The second-order valence-electron chi connectivity index (χ2n) is 8.43. The number of thioether (sulfide) groups is 1. The molecule has 37 heavy (non-hydrogen) atoms. The highest BCUT2D eigenvalue weighted by atomic mass is 35.5. The first-order valence-corrected chi connectivity index (χ1v) is 13.0. The number of anilines is 2. The number of hydrogen-bond donors (Lipinski definition) is 3. The molecule has 0 aliphatic carbocycles. The number of nitrogens with one attached hydrogen (secondary N) is 3. The Bertz CT molecular complexity index is 1430. The number of amides is 2. The minimum atomic E-state index is -0.586. The van der Waals surface area contributed by atoms with Gasteiger partial charge in [-0.3, -0.25) is 9.59 Å². The summed E-state index contributed by atoms with van der Waals surface area (Å²) >= 11 is 7.39. The van der Waals surface area contributed by atoms with Gasteiger partial charge in [0, 0.05) is 27.7 Å². The van der Waals surface area contributed by atoms with Gasteiger partial charge in [0.15, 0.2) is 0 Å². The van der Waals surface area contributed by atoms with Crippen molar-refractivity contribution >= 4 is 46.6 Å². The monoisotopic (exact) mass is 528 g/mol. The maximum Gasteiger partial charge on any atom is 0.254 e. The predicted molar refractivity (Wildman–Crippen MR) is 150 cm³/mol. The lowest BCUT2D eigenvalue weighted by atomic mass is 9.82. The van der Waals surface area contributed by atoms with Crippen LogP contribution in [-0.2, 0) is 9.59 Å². The molecule has 0 spiro atoms. The largest absolute Gasteiger partial charge is 0.353 e. The Morgan fingerprint density at radius 3 is 2.32 bits per heavy atom. The number of dihydropyridines is 1. The van der Waals surface area contributed by atoms with E-state index in [0.717, 1.165) is 11.1 Å². The summed E-state index contributed by atoms with van der Waals surface area (Å²) in [4.78, 5) is 26.2. The minimum Gasteiger partial charge on any atom is -0.353 e. The van der Waals surface area contributed by atoms with Gasteiger partial charge in [-0.15, -0.1) is 0 Å². The molecule has 4 rings (SSSR count). The zero-order chi connectivity index (χ0) is 26.4. The third kappa shape index (κ3) is 6.05. The van der Waals surface area contributed by atoms with E-state index in [-0.39, 0.29) is 17.6 Å². The standard InChI is InChI=1S/C29H25ClN4O2S/c1-18-23(30)14-9-15-24(18)34-25(35)17-37-29-22(16-31)27(20-10-5-3-6-11-20)26(19(2)32-29)28(36)33-21-12-7-4-8-13-21/h3-15,27,32H,17H2,1-2H3,(H,33,36)(H,34,35)/t27-/m0/s1. The molecular weight excluding hydrogens is 504 g/mol. The van der Waals surface area contributed by atoms with Crippen LogP contribution in [0.1, 0.15) is 24.0 Å². The number of allylic oxidation sites excluding steroid dienone is 2. The summed E-state index contributed by atoms with van der Waals surface area (Å²) in [6, 6.07) is 26.2. The van der Waals surface area contributed by atoms with Crippen molar-refractivity contribution in [2.24, 2.45) is 0 Å². The minimum absolute atomic E-state index is 0.0692. The lowest BCUT2D eigenvalue weighted by Gasteiger charge is -2.30. The predicted octanol–water partition coefficient (Wildman–Crippen LogP) is 6.36. The molecule has 0 saturated heterocycles. The number of hydrogen-bond acceptors (Lipinski definition) is 5. The van der Waals surface area contributed by atoms with Crippen LogP contribution in [0.25, 0.3) is 0 Å². The molecule has 3 N–H and O–H groups in total. The fourth-order valence-corrected chi connectivity index (χ4v) is 5.16. The average Bonchev–Trinajstić information content (AvgIpc) is 2.90. The average molecular weight is 529 g/mol. The van der Waals surface area contributed by atoms with Crippen LogP contribution in [0.15, 0.2) is 101 Å². The first-order chi connectivity index (χ1) is 17.9. The summed E-state index contributed by atoms with van der Waals surface area (Å²) in [6.45, 7) is 3.64. The highest BCUT2D eigenvalue weighted by molar-refractivity contribution is 8.03. The van der Waals surface area contributed by atoms with Gasteiger partial charge in [-0.25, -0.2) is 0 Å². The Morgan fingerprint density at radius 2 is 1.65 bits per heavy atom. The number of para-hydroxylation sites is 1. The molecule has 186 valence electrons. The number of benzene rings is 3. The number of carbonyl (C=O) groups excluding carboxylic acids is 2. The number of rotatable bonds is 7. The van der Waals surface area contributed by atoms with E-state index in [1.807, 2.05) is 67.6 Å². The first-order valence-electron chi connectivity index (χ1n) is 11.6. The maximum atomic E-state index is 13.4. The number of carbonyl (C=O) groups is 2. The molecule has 8 heteroatoms. The van der Waals surface area contributed by atoms with Crippen LogP contribution in [-0.4, -0.2) is 17.6 Å². The van der Waals surface area contributed by atoms with Crippen molar-refractivity contribution in [3.05, 3.63) is 117 Å². The van der Waals surface area contributed by atoms with Gasteiger partial charge in [-0.1, -0.05) is 78.0 Å². The molecule has 0 radical (unpaired) electrons. The SMILES string of the molecule is CC1=C(C(=O)Nc2ccccc2)[C@@H](c2ccccc2)C(C#N)=C(SCC(=O)Nc2cccc(Cl)c2C)N1. The smallest absolute Gasteiger partial charge is 0.254 e. The van der Waals surface area contributed by atoms with E-state index in [1.165, 1.54) is 11.8 Å². The quantitative estimate of drug-likeness (QED) is 0.332. The lowest BCUT2D eigenvalue weighted by molar-refractivity contribution is -0.114. The Labute approximate surface area is 225 Å². The summed E-state index contributed by atoms with van der Waals surface area (Å²) in [5, 5.41) is 20.3. The molecule has 6 nitrogen and oxygen atoms in total. The van der Waals surface area contributed by atoms with Gasteiger partial charge >= 0.3 is 0 Å². The van der Waals surface area contributed by atoms with E-state index < -0.39 is 5.92 Å². The molecule has 1 aliphatic rings. The molecule has 1 aliphatic heterocycles. The molecule has 3 aromatic rings. The summed E-state index contributed by atoms with van der Waals surface area (Å²) < 4.78 is 0. The zero-order valence-electron chi connectivity index (χ0n) is 20.3. The molecule has 0 unspecified atom stereocenters. The molecule has 0 bridgehead atoms. The third-order valence-corrected chi connectivity index (χ3v) is 7.37. The van der Waals surface area contributed by atoms with Crippen LogP contribution in [0.4, 0.5) is 11.4 Å². The Kier molecular flexibility index (Phi) is 8.34. The molecule has 1 atom stereocenters. The van der Waals surface area contributed by atoms with E-state index in [0.29, 0.717) is 38.3 Å². The van der Waals surface area contributed by atoms with Crippen molar-refractivity contribution in [1.82, 2.24) is 5.32 Å². The first kappa shape index (κ1) is 26.1. The van der Waals surface area contributed by atoms with Crippen LogP contribution in [0.3, 0.4) is 0 Å². The summed E-state index contributed by atoms with van der Waals surface area (Å²) in [7, 11) is 0. The third-order valence-electron chi connectivity index (χ3n) is 5.95. The van der Waals surface area contributed by atoms with E-state index in [4.69, 9.17) is 11.6 Å². The second kappa shape index (κ2) is 11.8. The fourth-order valence-electron chi connectivity index (χ4n) is 4.09. The van der Waals surface area contributed by atoms with Crippen molar-refractivity contribution in [2.45, 2.75) is 19.8 Å². The van der Waals surface area contributed by atoms with Gasteiger partial charge in [0.2, 0.25) is 5.91 Å². The molecule has 2 amide bonds. The molecular formula is C29H25ClN4O2S. The topological polar surface area (TPSA) is 94.0 Å². The van der Waals surface area contributed by atoms with E-state index in [1.54, 1.807) is 25.1 Å². The van der Waals surface area contributed by atoms with Gasteiger partial charge in [0.1, 0.15) is 0 Å². The highest BCUT2D eigenvalue weighted by Gasteiger charge is 2.34. The molecule has 1 heterocycles. The van der Waals surface area contributed by atoms with E-state index in [2.05, 4.69) is 22.0 Å². The van der Waals surface area contributed by atoms with Gasteiger partial charge in [0.25, 0.3) is 5.91 Å². The zero-order valence-corrected chi connectivity index (χ0v) is 21.9. The Balaban J connectivity index is 1.61.